The molecular formula is C15H14BrIN2O5. The van der Waals surface area contributed by atoms with Gasteiger partial charge in [-0.3, -0.25) is 4.79 Å². The van der Waals surface area contributed by atoms with Crippen molar-refractivity contribution in [2.24, 2.45) is 0 Å². The van der Waals surface area contributed by atoms with E-state index in [0.717, 1.165) is 4.47 Å². The molecule has 1 aliphatic heterocycles. The third-order valence-electron chi connectivity index (χ3n) is 3.34. The normalized spacial score (nSPS) is 17.2. The molecule has 1 aromatic carbocycles. The Morgan fingerprint density at radius 2 is 2.08 bits per heavy atom. The first-order chi connectivity index (χ1) is 11.2. The number of benzene rings is 1. The van der Waals surface area contributed by atoms with Gasteiger partial charge < -0.3 is 20.5 Å². The van der Waals surface area contributed by atoms with Crippen LogP contribution < -0.4 is 15.4 Å². The van der Waals surface area contributed by atoms with Gasteiger partial charge in [0.1, 0.15) is 5.75 Å². The molecule has 0 radical (unpaired) electrons. The minimum Gasteiger partial charge on any atom is -0.480 e. The molecule has 1 aliphatic rings. The Kier molecular flexibility index (Phi) is 5.86. The van der Waals surface area contributed by atoms with Gasteiger partial charge in [-0.15, -0.1) is 0 Å². The van der Waals surface area contributed by atoms with Crippen molar-refractivity contribution >= 4 is 56.3 Å². The monoisotopic (exact) mass is 508 g/mol. The van der Waals surface area contributed by atoms with E-state index in [-0.39, 0.29) is 5.78 Å². The number of aliphatic carboxylic acids is 1. The number of carboxylic acid groups (broad SMARTS) is 1. The fourth-order valence-corrected chi connectivity index (χ4v) is 4.18. The van der Waals surface area contributed by atoms with Crippen molar-refractivity contribution in [1.82, 2.24) is 10.6 Å². The maximum atomic E-state index is 12.0. The number of urea groups is 1. The smallest absolute Gasteiger partial charge is 0.341 e. The van der Waals surface area contributed by atoms with Gasteiger partial charge in [-0.2, -0.15) is 0 Å². The molecule has 0 fully saturated rings. The number of amides is 2. The molecule has 0 bridgehead atoms. The summed E-state index contributed by atoms with van der Waals surface area (Å²) in [4.78, 5) is 34.7. The number of rotatable bonds is 5. The van der Waals surface area contributed by atoms with Crippen LogP contribution >= 0.6 is 38.5 Å². The second-order valence-corrected chi connectivity index (χ2v) is 7.19. The minimum atomic E-state index is -1.12. The van der Waals surface area contributed by atoms with E-state index in [9.17, 15) is 14.4 Å². The highest BCUT2D eigenvalue weighted by Crippen LogP contribution is 2.38. The first kappa shape index (κ1) is 18.7. The summed E-state index contributed by atoms with van der Waals surface area (Å²) in [5, 5.41) is 14.1. The van der Waals surface area contributed by atoms with Gasteiger partial charge in [0.25, 0.3) is 0 Å². The van der Waals surface area contributed by atoms with Crippen molar-refractivity contribution in [3.8, 4) is 5.75 Å². The van der Waals surface area contributed by atoms with Gasteiger partial charge >= 0.3 is 12.0 Å². The van der Waals surface area contributed by atoms with E-state index < -0.39 is 24.6 Å². The SMILES string of the molecule is CC(=O)C1=C(C)NC(=O)NC1c1cc(Br)cc(I)c1OCC(=O)O. The van der Waals surface area contributed by atoms with Crippen molar-refractivity contribution in [3.63, 3.8) is 0 Å². The lowest BCUT2D eigenvalue weighted by Crippen LogP contribution is -2.45. The molecule has 3 N–H and O–H groups in total. The summed E-state index contributed by atoms with van der Waals surface area (Å²) in [6, 6.07) is 2.28. The molecule has 1 atom stereocenters. The second kappa shape index (κ2) is 7.51. The van der Waals surface area contributed by atoms with E-state index in [1.807, 2.05) is 22.6 Å². The number of allylic oxidation sites excluding steroid dienone is 1. The predicted molar refractivity (Wildman–Crippen MR) is 97.8 cm³/mol. The molecule has 7 nitrogen and oxygen atoms in total. The third-order valence-corrected chi connectivity index (χ3v) is 4.60. The number of halogens is 2. The number of ketones is 1. The molecule has 0 saturated heterocycles. The lowest BCUT2D eigenvalue weighted by molar-refractivity contribution is -0.139. The van der Waals surface area contributed by atoms with Gasteiger partial charge in [-0.05, 0) is 48.6 Å². The molecule has 0 spiro atoms. The van der Waals surface area contributed by atoms with Crippen molar-refractivity contribution in [2.45, 2.75) is 19.9 Å². The van der Waals surface area contributed by atoms with Crippen molar-refractivity contribution in [1.29, 1.82) is 0 Å². The van der Waals surface area contributed by atoms with Gasteiger partial charge in [0.05, 0.1) is 9.61 Å². The van der Waals surface area contributed by atoms with Crippen LogP contribution in [0.15, 0.2) is 27.9 Å². The zero-order valence-corrected chi connectivity index (χ0v) is 16.5. The van der Waals surface area contributed by atoms with Gasteiger partial charge in [-0.25, -0.2) is 9.59 Å². The quantitative estimate of drug-likeness (QED) is 0.530. The number of carbonyl (C=O) groups excluding carboxylic acids is 2. The molecule has 9 heteroatoms. The number of carboxylic acids is 1. The molecule has 2 amide bonds. The molecule has 1 unspecified atom stereocenters. The molecule has 128 valence electrons. The van der Waals surface area contributed by atoms with Crippen LogP contribution in [0.1, 0.15) is 25.5 Å². The number of carbonyl (C=O) groups is 3. The van der Waals surface area contributed by atoms with Crippen molar-refractivity contribution in [3.05, 3.63) is 37.0 Å². The molecule has 0 aliphatic carbocycles. The number of hydrogen-bond acceptors (Lipinski definition) is 4. The second-order valence-electron chi connectivity index (χ2n) is 5.11. The Morgan fingerprint density at radius 3 is 2.67 bits per heavy atom. The van der Waals surface area contributed by atoms with Crippen LogP contribution in [0.3, 0.4) is 0 Å². The maximum absolute atomic E-state index is 12.0. The minimum absolute atomic E-state index is 0.204. The molecule has 0 saturated carbocycles. The number of ether oxygens (including phenoxy) is 1. The molecular weight excluding hydrogens is 495 g/mol. The summed E-state index contributed by atoms with van der Waals surface area (Å²) < 4.78 is 6.78. The highest BCUT2D eigenvalue weighted by molar-refractivity contribution is 14.1. The van der Waals surface area contributed by atoms with Gasteiger partial charge in [0.2, 0.25) is 0 Å². The summed E-state index contributed by atoms with van der Waals surface area (Å²) in [6.45, 7) is 2.52. The van der Waals surface area contributed by atoms with Crippen LogP contribution in [0.25, 0.3) is 0 Å². The predicted octanol–water partition coefficient (Wildman–Crippen LogP) is 2.73. The summed E-state index contributed by atoms with van der Waals surface area (Å²) in [6.07, 6.45) is 0. The molecule has 24 heavy (non-hydrogen) atoms. The van der Waals surface area contributed by atoms with Crippen molar-refractivity contribution in [2.75, 3.05) is 6.61 Å². The molecule has 1 aromatic rings. The highest BCUT2D eigenvalue weighted by atomic mass is 127. The molecule has 1 heterocycles. The topological polar surface area (TPSA) is 105 Å². The van der Waals surface area contributed by atoms with Gasteiger partial charge in [0, 0.05) is 21.3 Å². The van der Waals surface area contributed by atoms with E-state index in [1.54, 1.807) is 19.1 Å². The first-order valence-electron chi connectivity index (χ1n) is 6.83. The summed E-state index contributed by atoms with van der Waals surface area (Å²) in [7, 11) is 0. The van der Waals surface area contributed by atoms with Gasteiger partial charge in [0.15, 0.2) is 12.4 Å². The Hall–Kier alpha value is -1.62. The maximum Gasteiger partial charge on any atom is 0.341 e. The first-order valence-corrected chi connectivity index (χ1v) is 8.70. The van der Waals surface area contributed by atoms with Crippen LogP contribution in [0.2, 0.25) is 0 Å². The van der Waals surface area contributed by atoms with E-state index in [2.05, 4.69) is 26.6 Å². The molecule has 0 aromatic heterocycles. The summed E-state index contributed by atoms with van der Waals surface area (Å²) >= 11 is 5.39. The van der Waals surface area contributed by atoms with Crippen molar-refractivity contribution < 1.29 is 24.2 Å². The van der Waals surface area contributed by atoms with Gasteiger partial charge in [-0.1, -0.05) is 15.9 Å². The standard InChI is InChI=1S/C15H14BrIN2O5/c1-6-12(7(2)20)13(19-15(23)18-6)9-3-8(16)4-10(17)14(9)24-5-11(21)22/h3-4,13H,5H2,1-2H3,(H,21,22)(H2,18,19,23). The molecule has 2 rings (SSSR count). The summed E-state index contributed by atoms with van der Waals surface area (Å²) in [5.41, 5.74) is 1.36. The van der Waals surface area contributed by atoms with E-state index in [0.29, 0.717) is 26.2 Å². The third kappa shape index (κ3) is 4.07. The zero-order valence-electron chi connectivity index (χ0n) is 12.8. The van der Waals surface area contributed by atoms with E-state index in [1.165, 1.54) is 6.92 Å². The number of nitrogens with one attached hydrogen (secondary N) is 2. The van der Waals surface area contributed by atoms with Crippen LogP contribution in [-0.2, 0) is 9.59 Å². The summed E-state index contributed by atoms with van der Waals surface area (Å²) in [5.74, 6) is -1.00. The van der Waals surface area contributed by atoms with E-state index in [4.69, 9.17) is 9.84 Å². The number of Topliss-reactive ketones (excluding diaryl/α,β-unsaturated/α-hetero) is 1. The highest BCUT2D eigenvalue weighted by Gasteiger charge is 2.32. The lowest BCUT2D eigenvalue weighted by atomic mass is 9.92. The van der Waals surface area contributed by atoms with Crippen LogP contribution in [0.4, 0.5) is 4.79 Å². The lowest BCUT2D eigenvalue weighted by Gasteiger charge is -2.29. The Labute approximate surface area is 160 Å². The number of hydrogen-bond donors (Lipinski definition) is 3. The largest absolute Gasteiger partial charge is 0.480 e. The van der Waals surface area contributed by atoms with E-state index >= 15 is 0 Å². The Morgan fingerprint density at radius 1 is 1.42 bits per heavy atom. The van der Waals surface area contributed by atoms with Crippen LogP contribution in [0, 0.1) is 3.57 Å². The zero-order chi connectivity index (χ0) is 18.0. The average Bonchev–Trinajstić information content (AvgIpc) is 2.43. The fraction of sp³-hybridized carbons (Fsp3) is 0.267. The van der Waals surface area contributed by atoms with Crippen LogP contribution in [0.5, 0.6) is 5.75 Å². The Bertz CT molecular complexity index is 762. The average molecular weight is 509 g/mol. The van der Waals surface area contributed by atoms with Crippen LogP contribution in [-0.4, -0.2) is 29.5 Å². The Balaban J connectivity index is 2.60. The fourth-order valence-electron chi connectivity index (χ4n) is 2.47.